The van der Waals surface area contributed by atoms with Crippen molar-refractivity contribution in [2.75, 3.05) is 5.75 Å². The van der Waals surface area contributed by atoms with Crippen molar-refractivity contribution >= 4 is 23.1 Å². The summed E-state index contributed by atoms with van der Waals surface area (Å²) in [4.78, 5) is 14.1. The van der Waals surface area contributed by atoms with Crippen LogP contribution < -0.4 is 0 Å². The molecular formula is C5H7NOS. The number of hydrogen-bond acceptors (Lipinski definition) is 3. The molecule has 8 heavy (non-hydrogen) atoms. The van der Waals surface area contributed by atoms with Crippen LogP contribution in [0.2, 0.25) is 0 Å². The molecule has 0 aromatic rings. The third-order valence-corrected chi connectivity index (χ3v) is 2.00. The zero-order valence-electron chi connectivity index (χ0n) is 4.63. The molecule has 0 aromatic heterocycles. The number of rotatable bonds is 1. The van der Waals surface area contributed by atoms with Crippen molar-refractivity contribution < 1.29 is 4.79 Å². The van der Waals surface area contributed by atoms with Crippen LogP contribution in [0.3, 0.4) is 0 Å². The second-order valence-electron chi connectivity index (χ2n) is 1.66. The molecule has 2 nitrogen and oxygen atoms in total. The van der Waals surface area contributed by atoms with Gasteiger partial charge in [0, 0.05) is 5.75 Å². The normalized spacial score (nSPS) is 27.6. The molecular weight excluding hydrogens is 122 g/mol. The van der Waals surface area contributed by atoms with Crippen molar-refractivity contribution in [1.82, 2.24) is 0 Å². The minimum atomic E-state index is -0.0556. The summed E-state index contributed by atoms with van der Waals surface area (Å²) in [5, 5.41) is 1.03. The van der Waals surface area contributed by atoms with Gasteiger partial charge in [0.05, 0.1) is 5.04 Å². The molecule has 0 N–H and O–H groups in total. The van der Waals surface area contributed by atoms with Crippen molar-refractivity contribution in [2.24, 2.45) is 4.99 Å². The van der Waals surface area contributed by atoms with Crippen LogP contribution in [0.4, 0.5) is 0 Å². The summed E-state index contributed by atoms with van der Waals surface area (Å²) in [6.07, 6.45) is 0.892. The van der Waals surface area contributed by atoms with Gasteiger partial charge < -0.3 is 4.79 Å². The number of hydrogen-bond donors (Lipinski definition) is 0. The Kier molecular flexibility index (Phi) is 1.68. The second-order valence-corrected chi connectivity index (χ2v) is 2.88. The Balaban J connectivity index is 2.53. The van der Waals surface area contributed by atoms with E-state index in [2.05, 4.69) is 4.99 Å². The summed E-state index contributed by atoms with van der Waals surface area (Å²) in [6, 6.07) is -0.0556. The predicted octanol–water partition coefficient (Wildman–Crippen LogP) is 0.719. The highest BCUT2D eigenvalue weighted by Crippen LogP contribution is 2.15. The predicted molar refractivity (Wildman–Crippen MR) is 35.4 cm³/mol. The summed E-state index contributed by atoms with van der Waals surface area (Å²) >= 11 is 1.65. The molecule has 0 radical (unpaired) electrons. The molecule has 0 aromatic carbocycles. The van der Waals surface area contributed by atoms with Gasteiger partial charge in [-0.1, -0.05) is 0 Å². The smallest absolute Gasteiger partial charge is 0.145 e. The van der Waals surface area contributed by atoms with E-state index < -0.39 is 0 Å². The Morgan fingerprint density at radius 3 is 3.00 bits per heavy atom. The van der Waals surface area contributed by atoms with E-state index >= 15 is 0 Å². The molecule has 0 fully saturated rings. The van der Waals surface area contributed by atoms with E-state index in [0.717, 1.165) is 17.1 Å². The minimum absolute atomic E-state index is 0.0556. The summed E-state index contributed by atoms with van der Waals surface area (Å²) in [6.45, 7) is 1.92. The van der Waals surface area contributed by atoms with Crippen LogP contribution in [0, 0.1) is 0 Å². The molecule has 1 unspecified atom stereocenters. The highest BCUT2D eigenvalue weighted by molar-refractivity contribution is 8.14. The quantitative estimate of drug-likeness (QED) is 0.488. The lowest BCUT2D eigenvalue weighted by atomic mass is 10.4. The molecule has 0 spiro atoms. The van der Waals surface area contributed by atoms with Crippen molar-refractivity contribution in [1.29, 1.82) is 0 Å². The second kappa shape index (κ2) is 2.31. The van der Waals surface area contributed by atoms with Crippen LogP contribution >= 0.6 is 11.8 Å². The van der Waals surface area contributed by atoms with Gasteiger partial charge in [0.1, 0.15) is 12.3 Å². The zero-order chi connectivity index (χ0) is 5.98. The Labute approximate surface area is 52.4 Å². The maximum atomic E-state index is 10.0. The van der Waals surface area contributed by atoms with E-state index in [9.17, 15) is 4.79 Å². The van der Waals surface area contributed by atoms with E-state index in [1.165, 1.54) is 0 Å². The minimum Gasteiger partial charge on any atom is -0.301 e. The highest BCUT2D eigenvalue weighted by atomic mass is 32.2. The van der Waals surface area contributed by atoms with E-state index in [1.54, 1.807) is 11.8 Å². The lowest BCUT2D eigenvalue weighted by Crippen LogP contribution is -2.03. The Morgan fingerprint density at radius 1 is 2.00 bits per heavy atom. The van der Waals surface area contributed by atoms with Crippen molar-refractivity contribution in [3.63, 3.8) is 0 Å². The molecule has 1 aliphatic rings. The van der Waals surface area contributed by atoms with Gasteiger partial charge in [0.15, 0.2) is 0 Å². The zero-order valence-corrected chi connectivity index (χ0v) is 5.44. The Bertz CT molecular complexity index is 132. The fourth-order valence-corrected chi connectivity index (χ4v) is 1.36. The third kappa shape index (κ3) is 1.10. The Hall–Kier alpha value is -0.310. The van der Waals surface area contributed by atoms with E-state index in [-0.39, 0.29) is 6.04 Å². The maximum absolute atomic E-state index is 10.0. The first-order valence-electron chi connectivity index (χ1n) is 2.45. The average Bonchev–Trinajstić information content (AvgIpc) is 2.14. The molecule has 3 heteroatoms. The summed E-state index contributed by atoms with van der Waals surface area (Å²) < 4.78 is 0. The van der Waals surface area contributed by atoms with Crippen molar-refractivity contribution in [3.05, 3.63) is 0 Å². The molecule has 0 aliphatic carbocycles. The van der Waals surface area contributed by atoms with Gasteiger partial charge in [0.25, 0.3) is 0 Å². The van der Waals surface area contributed by atoms with E-state index in [1.807, 2.05) is 6.92 Å². The number of aldehydes is 1. The van der Waals surface area contributed by atoms with E-state index in [0.29, 0.717) is 0 Å². The first-order chi connectivity index (χ1) is 3.83. The van der Waals surface area contributed by atoms with Crippen LogP contribution in [0.1, 0.15) is 6.92 Å². The lowest BCUT2D eigenvalue weighted by molar-refractivity contribution is -0.108. The number of carbonyl (C=O) groups excluding carboxylic acids is 1. The number of carbonyl (C=O) groups is 1. The van der Waals surface area contributed by atoms with Gasteiger partial charge >= 0.3 is 0 Å². The van der Waals surface area contributed by atoms with Gasteiger partial charge in [-0.2, -0.15) is 0 Å². The fourth-order valence-electron chi connectivity index (χ4n) is 0.584. The SMILES string of the molecule is CC1=NC(C=O)CS1. The standard InChI is InChI=1S/C5H7NOS/c1-4-6-5(2-7)3-8-4/h2,5H,3H2,1H3. The molecule has 1 heterocycles. The van der Waals surface area contributed by atoms with Gasteiger partial charge in [0.2, 0.25) is 0 Å². The van der Waals surface area contributed by atoms with Crippen LogP contribution in [-0.2, 0) is 4.79 Å². The van der Waals surface area contributed by atoms with Gasteiger partial charge in [-0.3, -0.25) is 4.99 Å². The van der Waals surface area contributed by atoms with Crippen LogP contribution in [0.25, 0.3) is 0 Å². The molecule has 1 rings (SSSR count). The third-order valence-electron chi connectivity index (χ3n) is 0.968. The van der Waals surface area contributed by atoms with Gasteiger partial charge in [-0.25, -0.2) is 0 Å². The van der Waals surface area contributed by atoms with Gasteiger partial charge in [-0.05, 0) is 6.92 Å². The number of aliphatic imine (C=N–C) groups is 1. The summed E-state index contributed by atoms with van der Waals surface area (Å²) in [7, 11) is 0. The molecule has 0 saturated carbocycles. The monoisotopic (exact) mass is 129 g/mol. The van der Waals surface area contributed by atoms with Gasteiger partial charge in [-0.15, -0.1) is 11.8 Å². The van der Waals surface area contributed by atoms with Crippen molar-refractivity contribution in [3.8, 4) is 0 Å². The summed E-state index contributed by atoms with van der Waals surface area (Å²) in [5.41, 5.74) is 0. The van der Waals surface area contributed by atoms with E-state index in [4.69, 9.17) is 0 Å². The highest BCUT2D eigenvalue weighted by Gasteiger charge is 2.12. The largest absolute Gasteiger partial charge is 0.301 e. The van der Waals surface area contributed by atoms with Crippen LogP contribution in [-0.4, -0.2) is 23.1 Å². The molecule has 0 saturated heterocycles. The average molecular weight is 129 g/mol. The molecule has 0 bridgehead atoms. The molecule has 0 amide bonds. The fraction of sp³-hybridized carbons (Fsp3) is 0.600. The van der Waals surface area contributed by atoms with Crippen LogP contribution in [0.15, 0.2) is 4.99 Å². The maximum Gasteiger partial charge on any atom is 0.145 e. The lowest BCUT2D eigenvalue weighted by Gasteiger charge is -1.86. The van der Waals surface area contributed by atoms with Crippen molar-refractivity contribution in [2.45, 2.75) is 13.0 Å². The first kappa shape index (κ1) is 5.82. The number of thioether (sulfide) groups is 1. The van der Waals surface area contributed by atoms with Crippen LogP contribution in [0.5, 0.6) is 0 Å². The number of nitrogens with zero attached hydrogens (tertiary/aromatic N) is 1. The topological polar surface area (TPSA) is 29.4 Å². The first-order valence-corrected chi connectivity index (χ1v) is 3.44. The Morgan fingerprint density at radius 2 is 2.75 bits per heavy atom. The summed E-state index contributed by atoms with van der Waals surface area (Å²) in [5.74, 6) is 0.843. The molecule has 1 atom stereocenters. The molecule has 44 valence electrons. The molecule has 1 aliphatic heterocycles.